The molecule has 1 atom stereocenters. The van der Waals surface area contributed by atoms with Crippen molar-refractivity contribution < 1.29 is 9.53 Å². The summed E-state index contributed by atoms with van der Waals surface area (Å²) in [5.74, 6) is -0.0220. The molecule has 0 aliphatic carbocycles. The smallest absolute Gasteiger partial charge is 0.251 e. The Morgan fingerprint density at radius 2 is 2.30 bits per heavy atom. The van der Waals surface area contributed by atoms with Gasteiger partial charge in [-0.15, -0.1) is 0 Å². The molecular weight excluding hydrogens is 130 g/mol. The fraction of sp³-hybridized carbons (Fsp3) is 0.857. The van der Waals surface area contributed by atoms with Gasteiger partial charge >= 0.3 is 0 Å². The molecule has 0 unspecified atom stereocenters. The lowest BCUT2D eigenvalue weighted by atomic mass is 10.1. The molecule has 0 spiro atoms. The van der Waals surface area contributed by atoms with E-state index in [-0.39, 0.29) is 11.9 Å². The Balaban J connectivity index is 2.61. The Hall–Kier alpha value is -0.570. The van der Waals surface area contributed by atoms with Crippen molar-refractivity contribution in [1.29, 1.82) is 0 Å². The highest BCUT2D eigenvalue weighted by atomic mass is 16.5. The molecular formula is C7H13NO2. The second-order valence-corrected chi connectivity index (χ2v) is 3.20. The van der Waals surface area contributed by atoms with Gasteiger partial charge in [0.2, 0.25) is 0 Å². The van der Waals surface area contributed by atoms with Crippen LogP contribution in [-0.4, -0.2) is 24.2 Å². The summed E-state index contributed by atoms with van der Waals surface area (Å²) in [5, 5.41) is 2.81. The third kappa shape index (κ3) is 1.29. The molecule has 0 saturated carbocycles. The van der Waals surface area contributed by atoms with E-state index in [2.05, 4.69) is 5.32 Å². The first-order chi connectivity index (χ1) is 4.52. The van der Waals surface area contributed by atoms with Crippen molar-refractivity contribution in [3.63, 3.8) is 0 Å². The van der Waals surface area contributed by atoms with E-state index in [1.54, 1.807) is 13.8 Å². The van der Waals surface area contributed by atoms with Crippen molar-refractivity contribution in [2.45, 2.75) is 32.4 Å². The van der Waals surface area contributed by atoms with Gasteiger partial charge in [-0.05, 0) is 20.8 Å². The molecule has 1 heterocycles. The monoisotopic (exact) mass is 143 g/mol. The van der Waals surface area contributed by atoms with E-state index in [0.717, 1.165) is 0 Å². The highest BCUT2D eigenvalue weighted by Crippen LogP contribution is 2.13. The maximum absolute atomic E-state index is 11.1. The van der Waals surface area contributed by atoms with Crippen LogP contribution in [0, 0.1) is 0 Å². The topological polar surface area (TPSA) is 38.3 Å². The van der Waals surface area contributed by atoms with Crippen molar-refractivity contribution in [3.05, 3.63) is 0 Å². The Morgan fingerprint density at radius 3 is 2.70 bits per heavy atom. The molecule has 0 radical (unpaired) electrons. The third-order valence-electron chi connectivity index (χ3n) is 1.62. The van der Waals surface area contributed by atoms with Crippen molar-refractivity contribution in [1.82, 2.24) is 5.32 Å². The lowest BCUT2D eigenvalue weighted by molar-refractivity contribution is -0.152. The standard InChI is InChI=1S/C7H13NO2/c1-5-4-10-7(2,3)6(9)8-5/h5H,4H2,1-3H3,(H,8,9)/t5-/m1/s1. The van der Waals surface area contributed by atoms with Gasteiger partial charge in [-0.2, -0.15) is 0 Å². The molecule has 0 bridgehead atoms. The Labute approximate surface area is 60.7 Å². The van der Waals surface area contributed by atoms with E-state index in [0.29, 0.717) is 6.61 Å². The molecule has 58 valence electrons. The van der Waals surface area contributed by atoms with Crippen LogP contribution in [0.15, 0.2) is 0 Å². The van der Waals surface area contributed by atoms with Gasteiger partial charge in [0.25, 0.3) is 5.91 Å². The molecule has 0 aromatic heterocycles. The molecule has 1 fully saturated rings. The van der Waals surface area contributed by atoms with Gasteiger partial charge in [-0.25, -0.2) is 0 Å². The lowest BCUT2D eigenvalue weighted by Crippen LogP contribution is -2.55. The Kier molecular flexibility index (Phi) is 1.68. The summed E-state index contributed by atoms with van der Waals surface area (Å²) in [4.78, 5) is 11.1. The molecule has 0 aromatic carbocycles. The van der Waals surface area contributed by atoms with E-state index in [4.69, 9.17) is 4.74 Å². The molecule has 10 heavy (non-hydrogen) atoms. The van der Waals surface area contributed by atoms with Gasteiger partial charge in [0, 0.05) is 6.04 Å². The third-order valence-corrected chi connectivity index (χ3v) is 1.62. The Morgan fingerprint density at radius 1 is 1.70 bits per heavy atom. The van der Waals surface area contributed by atoms with Gasteiger partial charge in [0.05, 0.1) is 6.61 Å². The van der Waals surface area contributed by atoms with Gasteiger partial charge in [0.15, 0.2) is 0 Å². The van der Waals surface area contributed by atoms with Crippen molar-refractivity contribution in [2.75, 3.05) is 6.61 Å². The number of morpholine rings is 1. The molecule has 1 N–H and O–H groups in total. The van der Waals surface area contributed by atoms with E-state index >= 15 is 0 Å². The van der Waals surface area contributed by atoms with E-state index in [1.165, 1.54) is 0 Å². The van der Waals surface area contributed by atoms with Crippen LogP contribution in [0.4, 0.5) is 0 Å². The fourth-order valence-electron chi connectivity index (χ4n) is 0.838. The molecule has 3 heteroatoms. The summed E-state index contributed by atoms with van der Waals surface area (Å²) in [6.07, 6.45) is 0. The number of nitrogens with one attached hydrogen (secondary N) is 1. The summed E-state index contributed by atoms with van der Waals surface area (Å²) in [6.45, 7) is 6.08. The van der Waals surface area contributed by atoms with Crippen LogP contribution >= 0.6 is 0 Å². The number of amides is 1. The van der Waals surface area contributed by atoms with Crippen LogP contribution in [-0.2, 0) is 9.53 Å². The zero-order valence-electron chi connectivity index (χ0n) is 6.60. The zero-order valence-corrected chi connectivity index (χ0v) is 6.60. The van der Waals surface area contributed by atoms with Crippen LogP contribution < -0.4 is 5.32 Å². The SMILES string of the molecule is C[C@@H]1COC(C)(C)C(=O)N1. The minimum Gasteiger partial charge on any atom is -0.364 e. The molecule has 3 nitrogen and oxygen atoms in total. The Bertz CT molecular complexity index is 154. The lowest BCUT2D eigenvalue weighted by Gasteiger charge is -2.32. The number of hydrogen-bond acceptors (Lipinski definition) is 2. The second-order valence-electron chi connectivity index (χ2n) is 3.20. The minimum atomic E-state index is -0.632. The van der Waals surface area contributed by atoms with Crippen LogP contribution in [0.2, 0.25) is 0 Å². The molecule has 1 saturated heterocycles. The van der Waals surface area contributed by atoms with E-state index in [1.807, 2.05) is 6.92 Å². The highest BCUT2D eigenvalue weighted by molar-refractivity contribution is 5.85. The summed E-state index contributed by atoms with van der Waals surface area (Å²) < 4.78 is 5.28. The number of carbonyl (C=O) groups excluding carboxylic acids is 1. The quantitative estimate of drug-likeness (QED) is 0.529. The summed E-state index contributed by atoms with van der Waals surface area (Å²) in [5.41, 5.74) is -0.632. The first-order valence-corrected chi connectivity index (χ1v) is 3.47. The highest BCUT2D eigenvalue weighted by Gasteiger charge is 2.33. The largest absolute Gasteiger partial charge is 0.364 e. The number of rotatable bonds is 0. The van der Waals surface area contributed by atoms with Gasteiger partial charge in [-0.3, -0.25) is 4.79 Å². The van der Waals surface area contributed by atoms with E-state index < -0.39 is 5.60 Å². The molecule has 1 rings (SSSR count). The molecule has 0 aromatic rings. The first-order valence-electron chi connectivity index (χ1n) is 3.47. The summed E-state index contributed by atoms with van der Waals surface area (Å²) in [6, 6.07) is 0.153. The maximum atomic E-state index is 11.1. The van der Waals surface area contributed by atoms with E-state index in [9.17, 15) is 4.79 Å². The summed E-state index contributed by atoms with van der Waals surface area (Å²) >= 11 is 0. The predicted octanol–water partition coefficient (Wildman–Crippen LogP) is 0.300. The van der Waals surface area contributed by atoms with Crippen LogP contribution in [0.25, 0.3) is 0 Å². The first kappa shape index (κ1) is 7.54. The van der Waals surface area contributed by atoms with Crippen molar-refractivity contribution in [3.8, 4) is 0 Å². The van der Waals surface area contributed by atoms with Crippen LogP contribution in [0.5, 0.6) is 0 Å². The number of ether oxygens (including phenoxy) is 1. The maximum Gasteiger partial charge on any atom is 0.251 e. The van der Waals surface area contributed by atoms with Gasteiger partial charge in [-0.1, -0.05) is 0 Å². The molecule has 1 aliphatic heterocycles. The minimum absolute atomic E-state index is 0.0220. The second kappa shape index (κ2) is 2.23. The summed E-state index contributed by atoms with van der Waals surface area (Å²) in [7, 11) is 0. The predicted molar refractivity (Wildman–Crippen MR) is 37.6 cm³/mol. The van der Waals surface area contributed by atoms with Gasteiger partial charge in [0.1, 0.15) is 5.60 Å². The van der Waals surface area contributed by atoms with Crippen molar-refractivity contribution in [2.24, 2.45) is 0 Å². The zero-order chi connectivity index (χ0) is 7.78. The fourth-order valence-corrected chi connectivity index (χ4v) is 0.838. The van der Waals surface area contributed by atoms with Crippen LogP contribution in [0.1, 0.15) is 20.8 Å². The molecule has 1 amide bonds. The van der Waals surface area contributed by atoms with Crippen LogP contribution in [0.3, 0.4) is 0 Å². The normalized spacial score (nSPS) is 31.5. The number of hydrogen-bond donors (Lipinski definition) is 1. The average Bonchev–Trinajstić information content (AvgIpc) is 1.81. The molecule has 1 aliphatic rings. The average molecular weight is 143 g/mol. The van der Waals surface area contributed by atoms with Crippen molar-refractivity contribution >= 4 is 5.91 Å². The van der Waals surface area contributed by atoms with Gasteiger partial charge < -0.3 is 10.1 Å². The number of carbonyl (C=O) groups is 1.